The SMILES string of the molecule is Nc1cc(-c2ccc(Br)cc2)nn1C1CCOCC1. The van der Waals surface area contributed by atoms with Gasteiger partial charge in [-0.15, -0.1) is 0 Å². The monoisotopic (exact) mass is 321 g/mol. The summed E-state index contributed by atoms with van der Waals surface area (Å²) in [6.07, 6.45) is 1.96. The Bertz CT molecular complexity index is 559. The molecule has 2 heterocycles. The number of hydrogen-bond donors (Lipinski definition) is 1. The van der Waals surface area contributed by atoms with E-state index in [4.69, 9.17) is 10.5 Å². The topological polar surface area (TPSA) is 53.1 Å². The Morgan fingerprint density at radius 2 is 1.89 bits per heavy atom. The number of hydrogen-bond acceptors (Lipinski definition) is 3. The summed E-state index contributed by atoms with van der Waals surface area (Å²) in [5.41, 5.74) is 8.10. The molecule has 0 unspecified atom stereocenters. The zero-order chi connectivity index (χ0) is 13.2. The number of halogens is 1. The van der Waals surface area contributed by atoms with Crippen molar-refractivity contribution in [2.75, 3.05) is 18.9 Å². The number of ether oxygens (including phenoxy) is 1. The summed E-state index contributed by atoms with van der Waals surface area (Å²) >= 11 is 3.44. The average Bonchev–Trinajstić information content (AvgIpc) is 2.83. The third kappa shape index (κ3) is 2.67. The first kappa shape index (κ1) is 12.7. The van der Waals surface area contributed by atoms with Crippen molar-refractivity contribution in [3.05, 3.63) is 34.8 Å². The molecule has 3 rings (SSSR count). The van der Waals surface area contributed by atoms with E-state index in [1.807, 2.05) is 35.0 Å². The maximum absolute atomic E-state index is 6.09. The maximum Gasteiger partial charge on any atom is 0.122 e. The van der Waals surface area contributed by atoms with Crippen molar-refractivity contribution in [3.63, 3.8) is 0 Å². The minimum Gasteiger partial charge on any atom is -0.384 e. The molecule has 2 N–H and O–H groups in total. The highest BCUT2D eigenvalue weighted by Crippen LogP contribution is 2.28. The fourth-order valence-electron chi connectivity index (χ4n) is 2.39. The Morgan fingerprint density at radius 1 is 1.21 bits per heavy atom. The Balaban J connectivity index is 1.90. The van der Waals surface area contributed by atoms with Gasteiger partial charge in [-0.1, -0.05) is 28.1 Å². The lowest BCUT2D eigenvalue weighted by Crippen LogP contribution is -2.21. The number of aromatic nitrogens is 2. The Labute approximate surface area is 120 Å². The van der Waals surface area contributed by atoms with E-state index in [2.05, 4.69) is 21.0 Å². The van der Waals surface area contributed by atoms with Gasteiger partial charge in [-0.3, -0.25) is 0 Å². The van der Waals surface area contributed by atoms with Crippen molar-refractivity contribution < 1.29 is 4.74 Å². The molecule has 1 aromatic carbocycles. The van der Waals surface area contributed by atoms with Crippen molar-refractivity contribution >= 4 is 21.7 Å². The Kier molecular flexibility index (Phi) is 3.57. The normalized spacial score (nSPS) is 16.7. The van der Waals surface area contributed by atoms with Gasteiger partial charge < -0.3 is 10.5 Å². The third-order valence-corrected chi connectivity index (χ3v) is 3.97. The van der Waals surface area contributed by atoms with Gasteiger partial charge >= 0.3 is 0 Å². The Hall–Kier alpha value is -1.33. The molecule has 0 amide bonds. The number of nitrogens with zero attached hydrogens (tertiary/aromatic N) is 2. The predicted octanol–water partition coefficient (Wildman–Crippen LogP) is 3.25. The summed E-state index contributed by atoms with van der Waals surface area (Å²) in [4.78, 5) is 0. The van der Waals surface area contributed by atoms with Gasteiger partial charge in [0.1, 0.15) is 5.82 Å². The molecule has 0 bridgehead atoms. The lowest BCUT2D eigenvalue weighted by molar-refractivity contribution is 0.0669. The van der Waals surface area contributed by atoms with Gasteiger partial charge in [-0.2, -0.15) is 5.10 Å². The first-order valence-electron chi connectivity index (χ1n) is 6.43. The van der Waals surface area contributed by atoms with E-state index < -0.39 is 0 Å². The van der Waals surface area contributed by atoms with Gasteiger partial charge in [-0.05, 0) is 25.0 Å². The molecule has 100 valence electrons. The number of benzene rings is 1. The standard InChI is InChI=1S/C14H16BrN3O/c15-11-3-1-10(2-4-11)13-9-14(16)18(17-13)12-5-7-19-8-6-12/h1-4,9,12H,5-8,16H2. The highest BCUT2D eigenvalue weighted by atomic mass is 79.9. The lowest BCUT2D eigenvalue weighted by atomic mass is 10.1. The van der Waals surface area contributed by atoms with Crippen molar-refractivity contribution in [1.29, 1.82) is 0 Å². The van der Waals surface area contributed by atoms with Crippen LogP contribution in [-0.2, 0) is 4.74 Å². The molecule has 1 aliphatic heterocycles. The summed E-state index contributed by atoms with van der Waals surface area (Å²) in [6.45, 7) is 1.58. The van der Waals surface area contributed by atoms with Crippen LogP contribution in [0.5, 0.6) is 0 Å². The second-order valence-corrected chi connectivity index (χ2v) is 5.67. The average molecular weight is 322 g/mol. The summed E-state index contributed by atoms with van der Waals surface area (Å²) < 4.78 is 8.39. The number of anilines is 1. The van der Waals surface area contributed by atoms with E-state index in [1.165, 1.54) is 0 Å². The highest BCUT2D eigenvalue weighted by molar-refractivity contribution is 9.10. The minimum absolute atomic E-state index is 0.359. The van der Waals surface area contributed by atoms with Gasteiger partial charge in [0.25, 0.3) is 0 Å². The van der Waals surface area contributed by atoms with Crippen molar-refractivity contribution in [2.45, 2.75) is 18.9 Å². The van der Waals surface area contributed by atoms with Gasteiger partial charge in [0, 0.05) is 29.3 Å². The highest BCUT2D eigenvalue weighted by Gasteiger charge is 2.19. The second-order valence-electron chi connectivity index (χ2n) is 4.75. The predicted molar refractivity (Wildman–Crippen MR) is 78.9 cm³/mol. The third-order valence-electron chi connectivity index (χ3n) is 3.44. The van der Waals surface area contributed by atoms with Crippen LogP contribution >= 0.6 is 15.9 Å². The molecule has 1 saturated heterocycles. The van der Waals surface area contributed by atoms with Crippen LogP contribution in [0.3, 0.4) is 0 Å². The summed E-state index contributed by atoms with van der Waals surface area (Å²) in [5, 5.41) is 4.65. The van der Waals surface area contributed by atoms with Crippen molar-refractivity contribution in [2.24, 2.45) is 0 Å². The number of rotatable bonds is 2. The van der Waals surface area contributed by atoms with E-state index in [0.29, 0.717) is 6.04 Å². The van der Waals surface area contributed by atoms with Crippen LogP contribution in [0.2, 0.25) is 0 Å². The van der Waals surface area contributed by atoms with E-state index >= 15 is 0 Å². The zero-order valence-corrected chi connectivity index (χ0v) is 12.1. The molecule has 0 aliphatic carbocycles. The van der Waals surface area contributed by atoms with Gasteiger partial charge in [0.05, 0.1) is 11.7 Å². The van der Waals surface area contributed by atoms with E-state index in [1.54, 1.807) is 0 Å². The molecule has 0 spiro atoms. The molecule has 0 radical (unpaired) electrons. The summed E-state index contributed by atoms with van der Waals surface area (Å²) in [7, 11) is 0. The van der Waals surface area contributed by atoms with E-state index in [-0.39, 0.29) is 0 Å². The van der Waals surface area contributed by atoms with Crippen LogP contribution < -0.4 is 5.73 Å². The molecule has 1 aliphatic rings. The molecule has 0 saturated carbocycles. The lowest BCUT2D eigenvalue weighted by Gasteiger charge is -2.23. The second kappa shape index (κ2) is 5.35. The van der Waals surface area contributed by atoms with Crippen LogP contribution in [0, 0.1) is 0 Å². The van der Waals surface area contributed by atoms with Crippen molar-refractivity contribution in [1.82, 2.24) is 9.78 Å². The minimum atomic E-state index is 0.359. The first-order chi connectivity index (χ1) is 9.24. The number of nitrogen functional groups attached to an aromatic ring is 1. The van der Waals surface area contributed by atoms with Crippen LogP contribution in [-0.4, -0.2) is 23.0 Å². The zero-order valence-electron chi connectivity index (χ0n) is 10.6. The fraction of sp³-hybridized carbons (Fsp3) is 0.357. The first-order valence-corrected chi connectivity index (χ1v) is 7.22. The molecular weight excluding hydrogens is 306 g/mol. The van der Waals surface area contributed by atoms with E-state index in [0.717, 1.165) is 47.6 Å². The molecule has 5 heteroatoms. The molecule has 2 aromatic rings. The van der Waals surface area contributed by atoms with Gasteiger partial charge in [-0.25, -0.2) is 4.68 Å². The molecule has 0 atom stereocenters. The van der Waals surface area contributed by atoms with Crippen LogP contribution in [0.15, 0.2) is 34.8 Å². The molecular formula is C14H16BrN3O. The van der Waals surface area contributed by atoms with Crippen molar-refractivity contribution in [3.8, 4) is 11.3 Å². The molecule has 1 fully saturated rings. The summed E-state index contributed by atoms with van der Waals surface area (Å²) in [6, 6.07) is 10.4. The van der Waals surface area contributed by atoms with Crippen LogP contribution in [0.25, 0.3) is 11.3 Å². The van der Waals surface area contributed by atoms with Crippen LogP contribution in [0.4, 0.5) is 5.82 Å². The number of nitrogens with two attached hydrogens (primary N) is 1. The molecule has 4 nitrogen and oxygen atoms in total. The fourth-order valence-corrected chi connectivity index (χ4v) is 2.66. The quantitative estimate of drug-likeness (QED) is 0.923. The van der Waals surface area contributed by atoms with Gasteiger partial charge in [0.2, 0.25) is 0 Å². The van der Waals surface area contributed by atoms with Crippen LogP contribution in [0.1, 0.15) is 18.9 Å². The Morgan fingerprint density at radius 3 is 2.58 bits per heavy atom. The largest absolute Gasteiger partial charge is 0.384 e. The molecule has 19 heavy (non-hydrogen) atoms. The van der Waals surface area contributed by atoms with Gasteiger partial charge in [0.15, 0.2) is 0 Å². The molecule has 1 aromatic heterocycles. The van der Waals surface area contributed by atoms with E-state index in [9.17, 15) is 0 Å². The summed E-state index contributed by atoms with van der Waals surface area (Å²) in [5.74, 6) is 0.727. The smallest absolute Gasteiger partial charge is 0.122 e. The maximum atomic E-state index is 6.09.